The quantitative estimate of drug-likeness (QED) is 0.701. The van der Waals surface area contributed by atoms with Crippen LogP contribution in [0.4, 0.5) is 4.39 Å². The average Bonchev–Trinajstić information content (AvgIpc) is 3.16. The van der Waals surface area contributed by atoms with Crippen molar-refractivity contribution in [1.82, 2.24) is 25.2 Å². The Bertz CT molecular complexity index is 765. The maximum atomic E-state index is 14.0. The lowest BCUT2D eigenvalue weighted by atomic mass is 10.0. The molecule has 0 saturated carbocycles. The van der Waals surface area contributed by atoms with E-state index < -0.39 is 0 Å². The zero-order valence-electron chi connectivity index (χ0n) is 14.9. The fourth-order valence-electron chi connectivity index (χ4n) is 3.23. The first-order valence-corrected chi connectivity index (χ1v) is 9.42. The molecular weight excluding hydrogens is 373 g/mol. The van der Waals surface area contributed by atoms with E-state index in [2.05, 4.69) is 20.5 Å². The van der Waals surface area contributed by atoms with Gasteiger partial charge in [-0.2, -0.15) is 0 Å². The highest BCUT2D eigenvalue weighted by Crippen LogP contribution is 2.26. The van der Waals surface area contributed by atoms with Crippen LogP contribution >= 0.6 is 11.6 Å². The molecule has 1 fully saturated rings. The predicted octanol–water partition coefficient (Wildman–Crippen LogP) is 2.02. The van der Waals surface area contributed by atoms with E-state index in [1.54, 1.807) is 23.0 Å². The first-order chi connectivity index (χ1) is 13.1. The molecule has 2 aromatic rings. The number of aliphatic hydroxyl groups is 1. The number of nitrogens with zero attached hydrogens (tertiary/aromatic N) is 4. The number of amides is 1. The summed E-state index contributed by atoms with van der Waals surface area (Å²) in [5.41, 5.74) is 0.754. The van der Waals surface area contributed by atoms with E-state index in [-0.39, 0.29) is 30.1 Å². The SMILES string of the molecule is O=C(NCCCO)c1cn([C@H]2CCCN(Cc3c(F)cccc3Cl)C2)nn1. The molecule has 7 nitrogen and oxygen atoms in total. The fourth-order valence-corrected chi connectivity index (χ4v) is 3.45. The summed E-state index contributed by atoms with van der Waals surface area (Å²) in [6.45, 7) is 2.38. The molecule has 0 unspecified atom stereocenters. The summed E-state index contributed by atoms with van der Waals surface area (Å²) in [4.78, 5) is 14.2. The standard InChI is InChI=1S/C18H23ClFN5O2/c19-15-5-1-6-16(20)14(15)11-24-8-2-4-13(10-24)25-12-17(22-23-25)18(27)21-7-3-9-26/h1,5-6,12-13,26H,2-4,7-11H2,(H,21,27)/t13-/m0/s1. The number of rotatable bonds is 7. The number of aromatic nitrogens is 3. The minimum absolute atomic E-state index is 0.0247. The first kappa shape index (κ1) is 19.7. The summed E-state index contributed by atoms with van der Waals surface area (Å²) in [5.74, 6) is -0.604. The molecule has 0 spiro atoms. The van der Waals surface area contributed by atoms with Gasteiger partial charge in [-0.1, -0.05) is 22.9 Å². The Kier molecular flexibility index (Phi) is 6.76. The molecule has 3 rings (SSSR count). The van der Waals surface area contributed by atoms with Crippen molar-refractivity contribution in [2.45, 2.75) is 31.8 Å². The predicted molar refractivity (Wildman–Crippen MR) is 99.0 cm³/mol. The van der Waals surface area contributed by atoms with Gasteiger partial charge in [0.25, 0.3) is 5.91 Å². The van der Waals surface area contributed by atoms with Crippen LogP contribution in [0.15, 0.2) is 24.4 Å². The van der Waals surface area contributed by atoms with E-state index in [1.807, 2.05) is 0 Å². The maximum Gasteiger partial charge on any atom is 0.273 e. The molecule has 1 aliphatic heterocycles. The van der Waals surface area contributed by atoms with Gasteiger partial charge in [0.2, 0.25) is 0 Å². The smallest absolute Gasteiger partial charge is 0.273 e. The Hall–Kier alpha value is -2.03. The molecule has 2 N–H and O–H groups in total. The van der Waals surface area contributed by atoms with E-state index in [0.29, 0.717) is 36.6 Å². The van der Waals surface area contributed by atoms with Gasteiger partial charge >= 0.3 is 0 Å². The number of piperidine rings is 1. The van der Waals surface area contributed by atoms with Gasteiger partial charge in [-0.25, -0.2) is 9.07 Å². The van der Waals surface area contributed by atoms with Gasteiger partial charge in [-0.15, -0.1) is 5.10 Å². The second-order valence-electron chi connectivity index (χ2n) is 6.65. The monoisotopic (exact) mass is 395 g/mol. The number of hydrogen-bond donors (Lipinski definition) is 2. The number of carbonyl (C=O) groups excluding carboxylic acids is 1. The lowest BCUT2D eigenvalue weighted by Gasteiger charge is -2.32. The van der Waals surface area contributed by atoms with Crippen LogP contribution in [0.5, 0.6) is 0 Å². The van der Waals surface area contributed by atoms with Crippen molar-refractivity contribution < 1.29 is 14.3 Å². The molecule has 0 aliphatic carbocycles. The van der Waals surface area contributed by atoms with Gasteiger partial charge in [0, 0.05) is 36.8 Å². The topological polar surface area (TPSA) is 83.3 Å². The molecule has 1 aromatic carbocycles. The van der Waals surface area contributed by atoms with Crippen molar-refractivity contribution in [2.75, 3.05) is 26.2 Å². The van der Waals surface area contributed by atoms with E-state index >= 15 is 0 Å². The highest BCUT2D eigenvalue weighted by molar-refractivity contribution is 6.31. The summed E-state index contributed by atoms with van der Waals surface area (Å²) >= 11 is 6.14. The van der Waals surface area contributed by atoms with Crippen LogP contribution in [0.1, 0.15) is 41.4 Å². The van der Waals surface area contributed by atoms with E-state index in [4.69, 9.17) is 16.7 Å². The van der Waals surface area contributed by atoms with Gasteiger partial charge in [-0.05, 0) is 37.9 Å². The molecule has 0 radical (unpaired) electrons. The van der Waals surface area contributed by atoms with Gasteiger partial charge in [0.15, 0.2) is 5.69 Å². The Labute approximate surface area is 162 Å². The zero-order valence-corrected chi connectivity index (χ0v) is 15.7. The molecule has 9 heteroatoms. The molecule has 27 heavy (non-hydrogen) atoms. The summed E-state index contributed by atoms with van der Waals surface area (Å²) in [5, 5.41) is 19.9. The number of benzene rings is 1. The van der Waals surface area contributed by atoms with Crippen LogP contribution in [-0.4, -0.2) is 57.1 Å². The molecule has 1 atom stereocenters. The number of nitrogens with one attached hydrogen (secondary N) is 1. The van der Waals surface area contributed by atoms with Crippen molar-refractivity contribution in [1.29, 1.82) is 0 Å². The van der Waals surface area contributed by atoms with Crippen molar-refractivity contribution >= 4 is 17.5 Å². The second kappa shape index (κ2) is 9.25. The third-order valence-electron chi connectivity index (χ3n) is 4.66. The van der Waals surface area contributed by atoms with Crippen LogP contribution in [0, 0.1) is 5.82 Å². The largest absolute Gasteiger partial charge is 0.396 e. The van der Waals surface area contributed by atoms with E-state index in [9.17, 15) is 9.18 Å². The molecular formula is C18H23ClFN5O2. The molecule has 1 aliphatic rings. The molecule has 1 aromatic heterocycles. The van der Waals surface area contributed by atoms with E-state index in [0.717, 1.165) is 19.4 Å². The Balaban J connectivity index is 1.62. The lowest BCUT2D eigenvalue weighted by molar-refractivity contribution is 0.0946. The number of aliphatic hydroxyl groups excluding tert-OH is 1. The summed E-state index contributed by atoms with van der Waals surface area (Å²) in [6.07, 6.45) is 3.99. The number of carbonyl (C=O) groups is 1. The fraction of sp³-hybridized carbons (Fsp3) is 0.500. The molecule has 2 heterocycles. The van der Waals surface area contributed by atoms with Crippen molar-refractivity contribution in [3.8, 4) is 0 Å². The van der Waals surface area contributed by atoms with Crippen molar-refractivity contribution in [2.24, 2.45) is 0 Å². The van der Waals surface area contributed by atoms with Crippen molar-refractivity contribution in [3.63, 3.8) is 0 Å². The van der Waals surface area contributed by atoms with Gasteiger partial charge in [0.05, 0.1) is 12.2 Å². The molecule has 146 valence electrons. The van der Waals surface area contributed by atoms with Crippen molar-refractivity contribution in [3.05, 3.63) is 46.5 Å². The average molecular weight is 396 g/mol. The first-order valence-electron chi connectivity index (χ1n) is 9.04. The van der Waals surface area contributed by atoms with Crippen LogP contribution in [0.25, 0.3) is 0 Å². The van der Waals surface area contributed by atoms with Gasteiger partial charge in [0.1, 0.15) is 5.82 Å². The highest BCUT2D eigenvalue weighted by atomic mass is 35.5. The third-order valence-corrected chi connectivity index (χ3v) is 5.02. The molecule has 1 amide bonds. The van der Waals surface area contributed by atoms with Gasteiger partial charge in [-0.3, -0.25) is 9.69 Å². The van der Waals surface area contributed by atoms with E-state index in [1.165, 1.54) is 6.07 Å². The summed E-state index contributed by atoms with van der Waals surface area (Å²) < 4.78 is 15.8. The van der Waals surface area contributed by atoms with Crippen LogP contribution in [0.3, 0.4) is 0 Å². The Morgan fingerprint density at radius 1 is 1.44 bits per heavy atom. The van der Waals surface area contributed by atoms with Crippen LogP contribution in [0.2, 0.25) is 5.02 Å². The Morgan fingerprint density at radius 3 is 3.07 bits per heavy atom. The lowest BCUT2D eigenvalue weighted by Crippen LogP contribution is -2.36. The molecule has 0 bridgehead atoms. The number of hydrogen-bond acceptors (Lipinski definition) is 5. The Morgan fingerprint density at radius 2 is 2.30 bits per heavy atom. The van der Waals surface area contributed by atoms with Crippen LogP contribution < -0.4 is 5.32 Å². The summed E-state index contributed by atoms with van der Waals surface area (Å²) in [7, 11) is 0. The number of halogens is 2. The third kappa shape index (κ3) is 5.03. The minimum atomic E-state index is -0.305. The summed E-state index contributed by atoms with van der Waals surface area (Å²) in [6, 6.07) is 4.78. The zero-order chi connectivity index (χ0) is 19.2. The minimum Gasteiger partial charge on any atom is -0.396 e. The number of likely N-dealkylation sites (tertiary alicyclic amines) is 1. The van der Waals surface area contributed by atoms with Crippen LogP contribution in [-0.2, 0) is 6.54 Å². The van der Waals surface area contributed by atoms with Gasteiger partial charge < -0.3 is 10.4 Å². The second-order valence-corrected chi connectivity index (χ2v) is 7.06. The molecule has 1 saturated heterocycles. The highest BCUT2D eigenvalue weighted by Gasteiger charge is 2.24. The normalized spacial score (nSPS) is 17.8. The maximum absolute atomic E-state index is 14.0.